The van der Waals surface area contributed by atoms with E-state index in [9.17, 15) is 4.79 Å². The highest BCUT2D eigenvalue weighted by atomic mass is 32.1. The number of nitrogens with one attached hydrogen (secondary N) is 1. The van der Waals surface area contributed by atoms with Gasteiger partial charge in [0.15, 0.2) is 0 Å². The number of fused-ring (bicyclic) bond motifs is 1. The fraction of sp³-hybridized carbons (Fsp3) is 0.214. The van der Waals surface area contributed by atoms with Crippen molar-refractivity contribution in [3.63, 3.8) is 0 Å². The summed E-state index contributed by atoms with van der Waals surface area (Å²) in [6.45, 7) is 0.688. The van der Waals surface area contributed by atoms with Gasteiger partial charge in [-0.25, -0.2) is 0 Å². The van der Waals surface area contributed by atoms with E-state index < -0.39 is 0 Å². The average Bonchev–Trinajstić information content (AvgIpc) is 2.76. The number of benzene rings is 1. The first kappa shape index (κ1) is 11.3. The molecule has 1 amide bonds. The molecule has 0 bridgehead atoms. The lowest BCUT2D eigenvalue weighted by Crippen LogP contribution is -2.33. The summed E-state index contributed by atoms with van der Waals surface area (Å²) in [4.78, 5) is 12.5. The molecule has 1 aliphatic carbocycles. The summed E-state index contributed by atoms with van der Waals surface area (Å²) in [5.41, 5.74) is 9.04. The zero-order chi connectivity index (χ0) is 12.5. The van der Waals surface area contributed by atoms with E-state index in [0.29, 0.717) is 23.0 Å². The lowest BCUT2D eigenvalue weighted by molar-refractivity contribution is 0.0955. The Bertz CT molecular complexity index is 591. The lowest BCUT2D eigenvalue weighted by atomic mass is 9.77. The van der Waals surface area contributed by atoms with Crippen molar-refractivity contribution in [2.75, 3.05) is 12.3 Å². The Morgan fingerprint density at radius 3 is 2.94 bits per heavy atom. The van der Waals surface area contributed by atoms with E-state index in [1.807, 2.05) is 11.4 Å². The van der Waals surface area contributed by atoms with Gasteiger partial charge < -0.3 is 11.1 Å². The molecule has 0 aliphatic heterocycles. The van der Waals surface area contributed by atoms with Crippen molar-refractivity contribution in [2.45, 2.75) is 12.3 Å². The molecule has 0 radical (unpaired) electrons. The molecule has 1 heterocycles. The summed E-state index contributed by atoms with van der Waals surface area (Å²) in [5.74, 6) is 0.387. The number of rotatable bonds is 3. The van der Waals surface area contributed by atoms with Crippen LogP contribution in [0.3, 0.4) is 0 Å². The van der Waals surface area contributed by atoms with Crippen molar-refractivity contribution in [3.8, 4) is 0 Å². The number of hydrogen-bond acceptors (Lipinski definition) is 3. The van der Waals surface area contributed by atoms with Crippen LogP contribution in [0.1, 0.15) is 26.7 Å². The van der Waals surface area contributed by atoms with Crippen molar-refractivity contribution < 1.29 is 4.79 Å². The van der Waals surface area contributed by atoms with Gasteiger partial charge >= 0.3 is 0 Å². The summed E-state index contributed by atoms with van der Waals surface area (Å²) in [6, 6.07) is 10.1. The Morgan fingerprint density at radius 1 is 1.39 bits per heavy atom. The molecule has 3 rings (SSSR count). The van der Waals surface area contributed by atoms with Gasteiger partial charge in [0.1, 0.15) is 4.88 Å². The molecule has 92 valence electrons. The van der Waals surface area contributed by atoms with Gasteiger partial charge in [-0.3, -0.25) is 4.79 Å². The Kier molecular flexibility index (Phi) is 2.80. The van der Waals surface area contributed by atoms with E-state index >= 15 is 0 Å². The molecule has 0 spiro atoms. The van der Waals surface area contributed by atoms with E-state index in [1.54, 1.807) is 6.07 Å². The molecule has 0 fully saturated rings. The molecule has 4 heteroatoms. The number of nitrogens with two attached hydrogens (primary N) is 1. The van der Waals surface area contributed by atoms with Gasteiger partial charge in [-0.15, -0.1) is 11.3 Å². The molecule has 1 aromatic heterocycles. The van der Waals surface area contributed by atoms with Crippen LogP contribution in [0.15, 0.2) is 35.7 Å². The van der Waals surface area contributed by atoms with E-state index in [1.165, 1.54) is 22.5 Å². The Morgan fingerprint density at radius 2 is 2.22 bits per heavy atom. The number of anilines is 1. The number of thiophene rings is 1. The van der Waals surface area contributed by atoms with Crippen LogP contribution < -0.4 is 11.1 Å². The van der Waals surface area contributed by atoms with Crippen molar-refractivity contribution in [1.29, 1.82) is 0 Å². The molecular weight excluding hydrogens is 244 g/mol. The first-order valence-electron chi connectivity index (χ1n) is 5.94. The molecule has 18 heavy (non-hydrogen) atoms. The minimum Gasteiger partial charge on any atom is -0.397 e. The van der Waals surface area contributed by atoms with Gasteiger partial charge in [0, 0.05) is 12.5 Å². The van der Waals surface area contributed by atoms with Crippen molar-refractivity contribution in [2.24, 2.45) is 0 Å². The fourth-order valence-corrected chi connectivity index (χ4v) is 3.08. The Hall–Kier alpha value is -1.81. The minimum atomic E-state index is -0.0631. The molecule has 0 saturated carbocycles. The largest absolute Gasteiger partial charge is 0.397 e. The molecular formula is C14H14N2OS. The molecule has 3 N–H and O–H groups in total. The molecule has 2 aromatic rings. The van der Waals surface area contributed by atoms with Gasteiger partial charge in [-0.1, -0.05) is 24.3 Å². The van der Waals surface area contributed by atoms with Crippen molar-refractivity contribution >= 4 is 22.9 Å². The van der Waals surface area contributed by atoms with Crippen LogP contribution in [-0.2, 0) is 6.42 Å². The van der Waals surface area contributed by atoms with E-state index in [-0.39, 0.29) is 5.91 Å². The number of amides is 1. The maximum absolute atomic E-state index is 11.9. The van der Waals surface area contributed by atoms with E-state index in [4.69, 9.17) is 5.73 Å². The second-order valence-electron chi connectivity index (χ2n) is 4.51. The standard InChI is InChI=1S/C14H14N2OS/c15-12-5-6-18-13(12)14(17)16-8-10-7-9-3-1-2-4-11(9)10/h1-6,10H,7-8,15H2,(H,16,17). The van der Waals surface area contributed by atoms with Crippen LogP contribution in [0.25, 0.3) is 0 Å². The first-order valence-corrected chi connectivity index (χ1v) is 6.82. The van der Waals surface area contributed by atoms with Crippen LogP contribution in [0.5, 0.6) is 0 Å². The maximum atomic E-state index is 11.9. The number of hydrogen-bond donors (Lipinski definition) is 2. The smallest absolute Gasteiger partial charge is 0.263 e. The first-order chi connectivity index (χ1) is 8.75. The number of carbonyl (C=O) groups excluding carboxylic acids is 1. The summed E-state index contributed by atoms with van der Waals surface area (Å²) >= 11 is 1.38. The van der Waals surface area contributed by atoms with Crippen molar-refractivity contribution in [3.05, 3.63) is 51.7 Å². The zero-order valence-electron chi connectivity index (χ0n) is 9.85. The minimum absolute atomic E-state index is 0.0631. The van der Waals surface area contributed by atoms with Gasteiger partial charge in [0.05, 0.1) is 5.69 Å². The van der Waals surface area contributed by atoms with Crippen LogP contribution in [0.2, 0.25) is 0 Å². The molecule has 1 unspecified atom stereocenters. The highest BCUT2D eigenvalue weighted by Gasteiger charge is 2.25. The predicted octanol–water partition coefficient (Wildman–Crippen LogP) is 2.40. The summed E-state index contributed by atoms with van der Waals surface area (Å²) in [6.07, 6.45) is 1.05. The topological polar surface area (TPSA) is 55.1 Å². The summed E-state index contributed by atoms with van der Waals surface area (Å²) < 4.78 is 0. The van der Waals surface area contributed by atoms with E-state index in [0.717, 1.165) is 6.42 Å². The number of nitrogen functional groups attached to an aromatic ring is 1. The highest BCUT2D eigenvalue weighted by Crippen LogP contribution is 2.34. The van der Waals surface area contributed by atoms with Gasteiger partial charge in [0.2, 0.25) is 0 Å². The SMILES string of the molecule is Nc1ccsc1C(=O)NCC1Cc2ccccc21. The van der Waals surface area contributed by atoms with Gasteiger partial charge in [-0.05, 0) is 29.0 Å². The highest BCUT2D eigenvalue weighted by molar-refractivity contribution is 7.12. The normalized spacial score (nSPS) is 16.8. The summed E-state index contributed by atoms with van der Waals surface area (Å²) in [7, 11) is 0. The quantitative estimate of drug-likeness (QED) is 0.888. The second-order valence-corrected chi connectivity index (χ2v) is 5.43. The number of carbonyl (C=O) groups is 1. The lowest BCUT2D eigenvalue weighted by Gasteiger charge is -2.30. The molecule has 0 saturated heterocycles. The molecule has 1 aromatic carbocycles. The Labute approximate surface area is 110 Å². The average molecular weight is 258 g/mol. The third-order valence-corrected chi connectivity index (χ3v) is 4.30. The van der Waals surface area contributed by atoms with Crippen LogP contribution in [0.4, 0.5) is 5.69 Å². The van der Waals surface area contributed by atoms with E-state index in [2.05, 4.69) is 23.5 Å². The van der Waals surface area contributed by atoms with Crippen LogP contribution in [0, 0.1) is 0 Å². The Balaban J connectivity index is 1.61. The monoisotopic (exact) mass is 258 g/mol. The fourth-order valence-electron chi connectivity index (χ4n) is 2.34. The van der Waals surface area contributed by atoms with Gasteiger partial charge in [0.25, 0.3) is 5.91 Å². The summed E-state index contributed by atoms with van der Waals surface area (Å²) in [5, 5.41) is 4.80. The molecule has 1 atom stereocenters. The zero-order valence-corrected chi connectivity index (χ0v) is 10.7. The van der Waals surface area contributed by atoms with Crippen LogP contribution >= 0.6 is 11.3 Å². The van der Waals surface area contributed by atoms with Crippen molar-refractivity contribution in [1.82, 2.24) is 5.32 Å². The maximum Gasteiger partial charge on any atom is 0.263 e. The predicted molar refractivity (Wildman–Crippen MR) is 74.0 cm³/mol. The molecule has 3 nitrogen and oxygen atoms in total. The third-order valence-electron chi connectivity index (χ3n) is 3.37. The molecule has 1 aliphatic rings. The van der Waals surface area contributed by atoms with Crippen LogP contribution in [-0.4, -0.2) is 12.5 Å². The third kappa shape index (κ3) is 1.88. The second kappa shape index (κ2) is 4.46. The van der Waals surface area contributed by atoms with Gasteiger partial charge in [-0.2, -0.15) is 0 Å².